The maximum atomic E-state index is 12.0. The first-order valence-electron chi connectivity index (χ1n) is 7.42. The van der Waals surface area contributed by atoms with Crippen molar-refractivity contribution in [2.75, 3.05) is 13.1 Å². The molecule has 5 nitrogen and oxygen atoms in total. The Hall–Kier alpha value is -1.10. The fourth-order valence-electron chi connectivity index (χ4n) is 2.76. The molecule has 2 aliphatic carbocycles. The predicted molar refractivity (Wildman–Crippen MR) is 71.7 cm³/mol. The molecule has 2 atom stereocenters. The van der Waals surface area contributed by atoms with Crippen molar-refractivity contribution in [3.05, 3.63) is 0 Å². The lowest BCUT2D eigenvalue weighted by Crippen LogP contribution is -2.40. The van der Waals surface area contributed by atoms with Gasteiger partial charge in [0.15, 0.2) is 0 Å². The molecule has 2 fully saturated rings. The SMILES string of the molecule is O=C(O)[C@H]1CCCC[C@H]1C(=O)NCCCNC1CC1. The summed E-state index contributed by atoms with van der Waals surface area (Å²) in [5.74, 6) is -1.71. The van der Waals surface area contributed by atoms with Crippen molar-refractivity contribution in [3.8, 4) is 0 Å². The van der Waals surface area contributed by atoms with Gasteiger partial charge in [-0.05, 0) is 38.6 Å². The molecule has 0 radical (unpaired) electrons. The number of nitrogens with one attached hydrogen (secondary N) is 2. The zero-order valence-corrected chi connectivity index (χ0v) is 11.4. The van der Waals surface area contributed by atoms with Crippen molar-refractivity contribution in [2.24, 2.45) is 11.8 Å². The first kappa shape index (κ1) is 14.3. The zero-order valence-electron chi connectivity index (χ0n) is 11.4. The highest BCUT2D eigenvalue weighted by atomic mass is 16.4. The summed E-state index contributed by atoms with van der Waals surface area (Å²) >= 11 is 0. The summed E-state index contributed by atoms with van der Waals surface area (Å²) in [6.45, 7) is 1.57. The second-order valence-electron chi connectivity index (χ2n) is 5.71. The van der Waals surface area contributed by atoms with Crippen LogP contribution < -0.4 is 10.6 Å². The standard InChI is InChI=1S/C14H24N2O3/c17-13(16-9-3-8-15-10-6-7-10)11-4-1-2-5-12(11)14(18)19/h10-12,15H,1-9H2,(H,16,17)(H,18,19)/t11-,12+/m1/s1. The summed E-state index contributed by atoms with van der Waals surface area (Å²) in [7, 11) is 0. The highest BCUT2D eigenvalue weighted by Gasteiger charge is 2.35. The summed E-state index contributed by atoms with van der Waals surface area (Å²) in [5, 5.41) is 15.4. The predicted octanol–water partition coefficient (Wildman–Crippen LogP) is 1.14. The lowest BCUT2D eigenvalue weighted by molar-refractivity contribution is -0.148. The molecule has 2 saturated carbocycles. The number of carboxylic acid groups (broad SMARTS) is 1. The van der Waals surface area contributed by atoms with Gasteiger partial charge in [-0.1, -0.05) is 12.8 Å². The Morgan fingerprint density at radius 3 is 2.32 bits per heavy atom. The number of aliphatic carboxylic acids is 1. The number of carboxylic acids is 1. The number of rotatable bonds is 7. The van der Waals surface area contributed by atoms with Crippen molar-refractivity contribution < 1.29 is 14.7 Å². The highest BCUT2D eigenvalue weighted by molar-refractivity contribution is 5.84. The van der Waals surface area contributed by atoms with Gasteiger partial charge >= 0.3 is 5.97 Å². The van der Waals surface area contributed by atoms with Gasteiger partial charge in [0.1, 0.15) is 0 Å². The van der Waals surface area contributed by atoms with Gasteiger partial charge in [-0.25, -0.2) is 0 Å². The molecule has 0 aromatic heterocycles. The fourth-order valence-corrected chi connectivity index (χ4v) is 2.76. The van der Waals surface area contributed by atoms with Gasteiger partial charge in [0.25, 0.3) is 0 Å². The van der Waals surface area contributed by atoms with Crippen molar-refractivity contribution in [1.29, 1.82) is 0 Å². The first-order chi connectivity index (χ1) is 9.18. The normalized spacial score (nSPS) is 26.9. The molecule has 0 unspecified atom stereocenters. The Bertz CT molecular complexity index is 329. The number of carbonyl (C=O) groups excluding carboxylic acids is 1. The van der Waals surface area contributed by atoms with Gasteiger partial charge in [0.05, 0.1) is 11.8 Å². The summed E-state index contributed by atoms with van der Waals surface area (Å²) < 4.78 is 0. The van der Waals surface area contributed by atoms with E-state index in [4.69, 9.17) is 5.11 Å². The fraction of sp³-hybridized carbons (Fsp3) is 0.857. The Kier molecular flexibility index (Phi) is 5.19. The molecule has 5 heteroatoms. The highest BCUT2D eigenvalue weighted by Crippen LogP contribution is 2.30. The van der Waals surface area contributed by atoms with E-state index < -0.39 is 11.9 Å². The minimum atomic E-state index is -0.824. The number of hydrogen-bond donors (Lipinski definition) is 3. The van der Waals surface area contributed by atoms with Crippen molar-refractivity contribution in [3.63, 3.8) is 0 Å². The van der Waals surface area contributed by atoms with E-state index in [0.717, 1.165) is 25.8 Å². The molecule has 0 bridgehead atoms. The van der Waals surface area contributed by atoms with Crippen LogP contribution in [0.25, 0.3) is 0 Å². The molecule has 0 saturated heterocycles. The van der Waals surface area contributed by atoms with E-state index in [-0.39, 0.29) is 11.8 Å². The molecule has 108 valence electrons. The smallest absolute Gasteiger partial charge is 0.307 e. The van der Waals surface area contributed by atoms with Crippen LogP contribution in [0.2, 0.25) is 0 Å². The van der Waals surface area contributed by atoms with Gasteiger partial charge in [0, 0.05) is 12.6 Å². The number of amides is 1. The Balaban J connectivity index is 1.66. The second kappa shape index (κ2) is 6.89. The van der Waals surface area contributed by atoms with Crippen molar-refractivity contribution in [1.82, 2.24) is 10.6 Å². The summed E-state index contributed by atoms with van der Waals surface area (Å²) in [6.07, 6.45) is 6.69. The van der Waals surface area contributed by atoms with Gasteiger partial charge in [-0.3, -0.25) is 9.59 Å². The Labute approximate surface area is 114 Å². The summed E-state index contributed by atoms with van der Waals surface area (Å²) in [5.41, 5.74) is 0. The molecule has 0 aromatic rings. The molecule has 2 aliphatic rings. The molecular weight excluding hydrogens is 244 g/mol. The third-order valence-electron chi connectivity index (χ3n) is 4.08. The molecule has 2 rings (SSSR count). The van der Waals surface area contributed by atoms with Gasteiger partial charge in [0.2, 0.25) is 5.91 Å². The van der Waals surface area contributed by atoms with Crippen molar-refractivity contribution in [2.45, 2.75) is 51.0 Å². The third kappa shape index (κ3) is 4.49. The number of carbonyl (C=O) groups is 2. The molecule has 19 heavy (non-hydrogen) atoms. The maximum absolute atomic E-state index is 12.0. The van der Waals surface area contributed by atoms with E-state index in [2.05, 4.69) is 10.6 Å². The van der Waals surface area contributed by atoms with E-state index in [1.165, 1.54) is 12.8 Å². The van der Waals surface area contributed by atoms with E-state index in [9.17, 15) is 9.59 Å². The van der Waals surface area contributed by atoms with Crippen LogP contribution in [0, 0.1) is 11.8 Å². The van der Waals surface area contributed by atoms with Crippen LogP contribution in [-0.4, -0.2) is 36.1 Å². The van der Waals surface area contributed by atoms with Crippen LogP contribution in [0.4, 0.5) is 0 Å². The lowest BCUT2D eigenvalue weighted by Gasteiger charge is -2.27. The molecular formula is C14H24N2O3. The van der Waals surface area contributed by atoms with E-state index in [1.807, 2.05) is 0 Å². The van der Waals surface area contributed by atoms with E-state index >= 15 is 0 Å². The molecule has 0 heterocycles. The lowest BCUT2D eigenvalue weighted by atomic mass is 9.79. The monoisotopic (exact) mass is 268 g/mol. The summed E-state index contributed by atoms with van der Waals surface area (Å²) in [6, 6.07) is 0.699. The van der Waals surface area contributed by atoms with Gasteiger partial charge in [-0.2, -0.15) is 0 Å². The molecule has 0 aromatic carbocycles. The Morgan fingerprint density at radius 2 is 1.68 bits per heavy atom. The van der Waals surface area contributed by atoms with Gasteiger partial charge < -0.3 is 15.7 Å². The van der Waals surface area contributed by atoms with Crippen LogP contribution in [0.5, 0.6) is 0 Å². The third-order valence-corrected chi connectivity index (χ3v) is 4.08. The molecule has 0 aliphatic heterocycles. The van der Waals surface area contributed by atoms with Crippen LogP contribution in [0.3, 0.4) is 0 Å². The van der Waals surface area contributed by atoms with E-state index in [0.29, 0.717) is 25.4 Å². The van der Waals surface area contributed by atoms with Gasteiger partial charge in [-0.15, -0.1) is 0 Å². The molecule has 1 amide bonds. The topological polar surface area (TPSA) is 78.4 Å². The minimum Gasteiger partial charge on any atom is -0.481 e. The van der Waals surface area contributed by atoms with Crippen LogP contribution >= 0.6 is 0 Å². The number of hydrogen-bond acceptors (Lipinski definition) is 3. The minimum absolute atomic E-state index is 0.0708. The second-order valence-corrected chi connectivity index (χ2v) is 5.71. The molecule has 3 N–H and O–H groups in total. The zero-order chi connectivity index (χ0) is 13.7. The molecule has 0 spiro atoms. The Morgan fingerprint density at radius 1 is 1.00 bits per heavy atom. The maximum Gasteiger partial charge on any atom is 0.307 e. The first-order valence-corrected chi connectivity index (χ1v) is 7.42. The van der Waals surface area contributed by atoms with E-state index in [1.54, 1.807) is 0 Å². The van der Waals surface area contributed by atoms with Crippen LogP contribution in [0.15, 0.2) is 0 Å². The van der Waals surface area contributed by atoms with Crippen LogP contribution in [0.1, 0.15) is 44.9 Å². The average molecular weight is 268 g/mol. The average Bonchev–Trinajstić information content (AvgIpc) is 3.22. The quantitative estimate of drug-likeness (QED) is 0.605. The van der Waals surface area contributed by atoms with Crippen LogP contribution in [-0.2, 0) is 9.59 Å². The van der Waals surface area contributed by atoms with Crippen molar-refractivity contribution >= 4 is 11.9 Å². The summed E-state index contributed by atoms with van der Waals surface area (Å²) in [4.78, 5) is 23.2. The largest absolute Gasteiger partial charge is 0.481 e.